The van der Waals surface area contributed by atoms with E-state index in [4.69, 9.17) is 4.74 Å². The predicted molar refractivity (Wildman–Crippen MR) is 120 cm³/mol. The van der Waals surface area contributed by atoms with E-state index in [0.29, 0.717) is 24.0 Å². The van der Waals surface area contributed by atoms with Crippen molar-refractivity contribution in [1.29, 1.82) is 0 Å². The Hall–Kier alpha value is -3.46. The lowest BCUT2D eigenvalue weighted by Crippen LogP contribution is -2.28. The molecule has 0 aliphatic heterocycles. The number of imidazole rings is 1. The number of amides is 2. The lowest BCUT2D eigenvalue weighted by molar-refractivity contribution is -0.107. The van der Waals surface area contributed by atoms with Crippen LogP contribution in [0.15, 0.2) is 53.0 Å². The Balaban J connectivity index is 2.18. The molecule has 0 saturated carbocycles. The van der Waals surface area contributed by atoms with Crippen LogP contribution in [0.4, 0.5) is 5.82 Å². The summed E-state index contributed by atoms with van der Waals surface area (Å²) in [4.78, 5) is 42.7. The van der Waals surface area contributed by atoms with Gasteiger partial charge >= 0.3 is 6.01 Å². The molecule has 8 nitrogen and oxygen atoms in total. The van der Waals surface area contributed by atoms with Gasteiger partial charge in [-0.1, -0.05) is 40.2 Å². The molecule has 3 rings (SSSR count). The van der Waals surface area contributed by atoms with Crippen LogP contribution < -0.4 is 9.64 Å². The molecule has 0 N–H and O–H groups in total. The van der Waals surface area contributed by atoms with E-state index in [-0.39, 0.29) is 30.0 Å². The summed E-state index contributed by atoms with van der Waals surface area (Å²) in [6.07, 6.45) is 1.29. The van der Waals surface area contributed by atoms with E-state index in [1.165, 1.54) is 16.8 Å². The fourth-order valence-electron chi connectivity index (χ4n) is 2.94. The van der Waals surface area contributed by atoms with Gasteiger partial charge in [-0.2, -0.15) is 4.98 Å². The van der Waals surface area contributed by atoms with E-state index >= 15 is 0 Å². The number of carbonyl (C=O) groups excluding carboxylic acids is 3. The number of aldehydes is 1. The van der Waals surface area contributed by atoms with Crippen molar-refractivity contribution in [2.45, 2.75) is 6.54 Å². The normalized spacial score (nSPS) is 10.5. The number of benzene rings is 2. The Kier molecular flexibility index (Phi) is 6.86. The molecule has 9 heteroatoms. The highest BCUT2D eigenvalue weighted by atomic mass is 79.9. The average molecular weight is 485 g/mol. The van der Waals surface area contributed by atoms with Gasteiger partial charge in [0.15, 0.2) is 11.5 Å². The molecule has 0 atom stereocenters. The smallest absolute Gasteiger partial charge is 0.304 e. The molecule has 0 aliphatic carbocycles. The van der Waals surface area contributed by atoms with Crippen LogP contribution in [0.3, 0.4) is 0 Å². The van der Waals surface area contributed by atoms with E-state index in [1.807, 2.05) is 24.3 Å². The van der Waals surface area contributed by atoms with E-state index in [2.05, 4.69) is 20.9 Å². The summed E-state index contributed by atoms with van der Waals surface area (Å²) >= 11 is 3.46. The highest BCUT2D eigenvalue weighted by molar-refractivity contribution is 9.10. The van der Waals surface area contributed by atoms with Gasteiger partial charge in [0.2, 0.25) is 6.41 Å². The Morgan fingerprint density at radius 2 is 1.87 bits per heavy atom. The lowest BCUT2D eigenvalue weighted by atomic mass is 10.2. The highest BCUT2D eigenvalue weighted by Crippen LogP contribution is 2.31. The number of rotatable bonds is 8. The average Bonchev–Trinajstić information content (AvgIpc) is 3.10. The number of hydrogen-bond acceptors (Lipinski definition) is 5. The molecule has 31 heavy (non-hydrogen) atoms. The second-order valence-corrected chi connectivity index (χ2v) is 7.91. The molecule has 1 aromatic heterocycles. The molecule has 0 aliphatic rings. The number of hydrogen-bond donors (Lipinski definition) is 0. The van der Waals surface area contributed by atoms with E-state index < -0.39 is 0 Å². The van der Waals surface area contributed by atoms with Gasteiger partial charge < -0.3 is 14.5 Å². The van der Waals surface area contributed by atoms with Crippen molar-refractivity contribution >= 4 is 40.4 Å². The molecule has 0 fully saturated rings. The van der Waals surface area contributed by atoms with Crippen LogP contribution >= 0.6 is 15.9 Å². The third-order valence-electron chi connectivity index (χ3n) is 4.45. The van der Waals surface area contributed by atoms with Crippen molar-refractivity contribution in [3.63, 3.8) is 0 Å². The maximum atomic E-state index is 13.0. The van der Waals surface area contributed by atoms with Crippen LogP contribution in [0.1, 0.15) is 26.4 Å². The minimum Gasteiger partial charge on any atom is -0.425 e. The monoisotopic (exact) mass is 484 g/mol. The van der Waals surface area contributed by atoms with Gasteiger partial charge in [0.25, 0.3) is 5.91 Å². The number of halogens is 1. The minimum atomic E-state index is -0.331. The van der Waals surface area contributed by atoms with Crippen molar-refractivity contribution in [1.82, 2.24) is 14.5 Å². The second kappa shape index (κ2) is 9.57. The number of anilines is 1. The van der Waals surface area contributed by atoms with Gasteiger partial charge in [0.1, 0.15) is 12.0 Å². The zero-order valence-electron chi connectivity index (χ0n) is 17.3. The first kappa shape index (κ1) is 22.2. The zero-order chi connectivity index (χ0) is 22.5. The summed E-state index contributed by atoms with van der Waals surface area (Å²) in [7, 11) is 4.76. The summed E-state index contributed by atoms with van der Waals surface area (Å²) in [6, 6.07) is 14.3. The Bertz CT molecular complexity index is 1130. The standard InChI is InChI=1S/C22H21BrN4O4/c1-25(2)21(30)19-20(26(3)14-29)24-22(31-18-9-5-7-16(11-18)13-28)27(19)12-15-6-4-8-17(23)10-15/h4-11,13-14H,12H2,1-3H3. The first-order valence-corrected chi connectivity index (χ1v) is 10.1. The summed E-state index contributed by atoms with van der Waals surface area (Å²) in [5.41, 5.74) is 1.55. The predicted octanol–water partition coefficient (Wildman–Crippen LogP) is 3.59. The molecule has 2 amide bonds. The third-order valence-corrected chi connectivity index (χ3v) is 4.94. The van der Waals surface area contributed by atoms with Crippen LogP contribution in [-0.4, -0.2) is 54.2 Å². The fourth-order valence-corrected chi connectivity index (χ4v) is 3.38. The summed E-state index contributed by atoms with van der Waals surface area (Å²) < 4.78 is 8.47. The summed E-state index contributed by atoms with van der Waals surface area (Å²) in [5, 5.41) is 0. The van der Waals surface area contributed by atoms with Crippen molar-refractivity contribution in [3.05, 3.63) is 69.8 Å². The molecule has 1 heterocycles. The van der Waals surface area contributed by atoms with E-state index in [1.54, 1.807) is 42.9 Å². The molecule has 0 radical (unpaired) electrons. The Morgan fingerprint density at radius 3 is 2.52 bits per heavy atom. The van der Waals surface area contributed by atoms with Crippen LogP contribution in [0.25, 0.3) is 0 Å². The van der Waals surface area contributed by atoms with E-state index in [9.17, 15) is 14.4 Å². The third kappa shape index (κ3) is 5.00. The number of carbonyl (C=O) groups is 3. The fraction of sp³-hybridized carbons (Fsp3) is 0.182. The van der Waals surface area contributed by atoms with Gasteiger partial charge in [-0.15, -0.1) is 0 Å². The molecular formula is C22H21BrN4O4. The first-order valence-electron chi connectivity index (χ1n) is 9.32. The first-order chi connectivity index (χ1) is 14.8. The molecule has 160 valence electrons. The second-order valence-electron chi connectivity index (χ2n) is 6.99. The molecule has 0 unspecified atom stereocenters. The van der Waals surface area contributed by atoms with Gasteiger partial charge in [-0.25, -0.2) is 0 Å². The summed E-state index contributed by atoms with van der Waals surface area (Å²) in [6.45, 7) is 0.275. The van der Waals surface area contributed by atoms with Crippen molar-refractivity contribution in [2.24, 2.45) is 0 Å². The number of aromatic nitrogens is 2. The molecule has 0 spiro atoms. The molecule has 0 saturated heterocycles. The van der Waals surface area contributed by atoms with Crippen molar-refractivity contribution in [2.75, 3.05) is 26.0 Å². The van der Waals surface area contributed by atoms with Crippen LogP contribution in [-0.2, 0) is 11.3 Å². The molecular weight excluding hydrogens is 464 g/mol. The van der Waals surface area contributed by atoms with Crippen LogP contribution in [0.2, 0.25) is 0 Å². The Morgan fingerprint density at radius 1 is 1.13 bits per heavy atom. The zero-order valence-corrected chi connectivity index (χ0v) is 18.9. The lowest BCUT2D eigenvalue weighted by Gasteiger charge is -2.17. The van der Waals surface area contributed by atoms with Gasteiger partial charge in [-0.3, -0.25) is 19.0 Å². The maximum absolute atomic E-state index is 13.0. The maximum Gasteiger partial charge on any atom is 0.304 e. The van der Waals surface area contributed by atoms with Gasteiger partial charge in [-0.05, 0) is 29.8 Å². The Labute approximate surface area is 188 Å². The summed E-state index contributed by atoms with van der Waals surface area (Å²) in [5.74, 6) is 0.224. The van der Waals surface area contributed by atoms with E-state index in [0.717, 1.165) is 10.0 Å². The number of ether oxygens (including phenoxy) is 1. The minimum absolute atomic E-state index is 0.122. The van der Waals surface area contributed by atoms with Crippen molar-refractivity contribution in [3.8, 4) is 11.8 Å². The molecule has 3 aromatic rings. The van der Waals surface area contributed by atoms with Gasteiger partial charge in [0.05, 0.1) is 6.54 Å². The highest BCUT2D eigenvalue weighted by Gasteiger charge is 2.28. The quantitative estimate of drug-likeness (QED) is 0.456. The largest absolute Gasteiger partial charge is 0.425 e. The van der Waals surface area contributed by atoms with Gasteiger partial charge in [0, 0.05) is 31.2 Å². The molecule has 2 aromatic carbocycles. The topological polar surface area (TPSA) is 84.7 Å². The van der Waals surface area contributed by atoms with Crippen LogP contribution in [0, 0.1) is 0 Å². The van der Waals surface area contributed by atoms with Crippen molar-refractivity contribution < 1.29 is 19.1 Å². The number of nitrogens with zero attached hydrogens (tertiary/aromatic N) is 4. The molecule has 0 bridgehead atoms. The SMILES string of the molecule is CN(C)C(=O)c1c(N(C)C=O)nc(Oc2cccc(C=O)c2)n1Cc1cccc(Br)c1. The van der Waals surface area contributed by atoms with Crippen LogP contribution in [0.5, 0.6) is 11.8 Å².